The van der Waals surface area contributed by atoms with Crippen molar-refractivity contribution in [3.05, 3.63) is 0 Å². The largest absolute Gasteiger partial charge is 0.481 e. The molecular formula is C25H48O10. The van der Waals surface area contributed by atoms with Crippen LogP contribution in [0.25, 0.3) is 0 Å². The quantitative estimate of drug-likeness (QED) is 0.127. The lowest BCUT2D eigenvalue weighted by Gasteiger charge is -2.16. The van der Waals surface area contributed by atoms with Crippen LogP contribution in [0.15, 0.2) is 0 Å². The van der Waals surface area contributed by atoms with Gasteiger partial charge in [0, 0.05) is 31.1 Å². The number of carboxylic acid groups (broad SMARTS) is 4. The molecule has 0 aliphatic carbocycles. The Kier molecular flexibility index (Phi) is 28.2. The Labute approximate surface area is 209 Å². The fourth-order valence-corrected chi connectivity index (χ4v) is 2.57. The van der Waals surface area contributed by atoms with Crippen molar-refractivity contribution in [2.45, 2.75) is 117 Å². The zero-order valence-electron chi connectivity index (χ0n) is 21.5. The van der Waals surface area contributed by atoms with Gasteiger partial charge in [0.15, 0.2) is 0 Å². The summed E-state index contributed by atoms with van der Waals surface area (Å²) in [4.78, 5) is 40.6. The van der Waals surface area contributed by atoms with E-state index in [-0.39, 0.29) is 44.3 Å². The van der Waals surface area contributed by atoms with E-state index in [0.29, 0.717) is 0 Å². The number of carbonyl (C=O) groups is 4. The van der Waals surface area contributed by atoms with Crippen molar-refractivity contribution in [2.24, 2.45) is 5.41 Å². The van der Waals surface area contributed by atoms with Gasteiger partial charge in [0.05, 0.1) is 13.2 Å². The minimum absolute atomic E-state index is 0.0451. The number of aliphatic carboxylic acids is 4. The summed E-state index contributed by atoms with van der Waals surface area (Å²) in [5, 5.41) is 50.3. The third kappa shape index (κ3) is 42.4. The van der Waals surface area contributed by atoms with Gasteiger partial charge in [0.1, 0.15) is 0 Å². The minimum Gasteiger partial charge on any atom is -0.481 e. The molecule has 0 rings (SSSR count). The summed E-state index contributed by atoms with van der Waals surface area (Å²) in [7, 11) is 0. The fraction of sp³-hybridized carbons (Fsp3) is 0.840. The minimum atomic E-state index is -0.740. The summed E-state index contributed by atoms with van der Waals surface area (Å²) in [6.07, 6.45) is 11.6. The van der Waals surface area contributed by atoms with Gasteiger partial charge >= 0.3 is 23.9 Å². The van der Waals surface area contributed by atoms with E-state index in [1.807, 2.05) is 0 Å². The van der Waals surface area contributed by atoms with Crippen LogP contribution in [0, 0.1) is 5.41 Å². The molecule has 0 saturated heterocycles. The molecule has 0 unspecified atom stereocenters. The molecule has 0 radical (unpaired) electrons. The van der Waals surface area contributed by atoms with E-state index in [2.05, 4.69) is 0 Å². The van der Waals surface area contributed by atoms with Crippen LogP contribution in [0.3, 0.4) is 0 Å². The molecule has 0 spiro atoms. The van der Waals surface area contributed by atoms with E-state index in [0.717, 1.165) is 77.0 Å². The Balaban J connectivity index is -0.000000465. The first-order chi connectivity index (χ1) is 16.4. The highest BCUT2D eigenvalue weighted by Crippen LogP contribution is 2.10. The normalized spacial score (nSPS) is 10.4. The molecule has 0 heterocycles. The first-order valence-electron chi connectivity index (χ1n) is 12.5. The average molecular weight is 509 g/mol. The summed E-state index contributed by atoms with van der Waals surface area (Å²) in [6, 6.07) is 0. The van der Waals surface area contributed by atoms with Crippen LogP contribution in [0.2, 0.25) is 0 Å². The van der Waals surface area contributed by atoms with Crippen molar-refractivity contribution >= 4 is 23.9 Å². The van der Waals surface area contributed by atoms with Gasteiger partial charge in [-0.15, -0.1) is 0 Å². The third-order valence-electron chi connectivity index (χ3n) is 4.92. The second kappa shape index (κ2) is 26.4. The summed E-state index contributed by atoms with van der Waals surface area (Å²) < 4.78 is 0. The Bertz CT molecular complexity index is 460. The molecule has 0 fully saturated rings. The predicted octanol–water partition coefficient (Wildman–Crippen LogP) is 4.55. The van der Waals surface area contributed by atoms with Crippen molar-refractivity contribution in [3.8, 4) is 0 Å². The van der Waals surface area contributed by atoms with Gasteiger partial charge in [-0.05, 0) is 25.7 Å². The molecule has 208 valence electrons. The number of aliphatic hydroxyl groups is 2. The highest BCUT2D eigenvalue weighted by molar-refractivity contribution is 5.67. The Morgan fingerprint density at radius 1 is 0.429 bits per heavy atom. The maximum atomic E-state index is 10.1. The molecular weight excluding hydrogens is 460 g/mol. The van der Waals surface area contributed by atoms with E-state index in [1.165, 1.54) is 0 Å². The zero-order valence-corrected chi connectivity index (χ0v) is 21.5. The van der Waals surface area contributed by atoms with Gasteiger partial charge in [-0.3, -0.25) is 19.2 Å². The topological polar surface area (TPSA) is 190 Å². The van der Waals surface area contributed by atoms with Crippen LogP contribution in [0.4, 0.5) is 0 Å². The van der Waals surface area contributed by atoms with Gasteiger partial charge in [-0.25, -0.2) is 0 Å². The number of unbranched alkanes of at least 4 members (excludes halogenated alkanes) is 10. The van der Waals surface area contributed by atoms with Crippen LogP contribution in [-0.4, -0.2) is 67.7 Å². The van der Waals surface area contributed by atoms with Crippen LogP contribution in [-0.2, 0) is 19.2 Å². The molecule has 0 aliphatic heterocycles. The first kappa shape index (κ1) is 37.4. The second-order valence-corrected chi connectivity index (χ2v) is 9.30. The first-order valence-corrected chi connectivity index (χ1v) is 12.5. The fourth-order valence-electron chi connectivity index (χ4n) is 2.57. The number of hydrogen-bond acceptors (Lipinski definition) is 6. The van der Waals surface area contributed by atoms with Gasteiger partial charge < -0.3 is 30.6 Å². The SMILES string of the molecule is CC(C)(CO)CO.O=C(O)CCCCCCCCC(=O)O.O=C(O)CCCCCCCCC(=O)O. The van der Waals surface area contributed by atoms with Crippen LogP contribution in [0.1, 0.15) is 117 Å². The number of hydrogen-bond donors (Lipinski definition) is 6. The zero-order chi connectivity index (χ0) is 27.5. The van der Waals surface area contributed by atoms with Crippen LogP contribution >= 0.6 is 0 Å². The van der Waals surface area contributed by atoms with Crippen molar-refractivity contribution in [3.63, 3.8) is 0 Å². The Morgan fingerprint density at radius 3 is 0.714 bits per heavy atom. The maximum Gasteiger partial charge on any atom is 0.303 e. The van der Waals surface area contributed by atoms with E-state index in [1.54, 1.807) is 13.8 Å². The predicted molar refractivity (Wildman–Crippen MR) is 132 cm³/mol. The maximum absolute atomic E-state index is 10.1. The highest BCUT2D eigenvalue weighted by atomic mass is 16.4. The molecule has 0 aliphatic rings. The summed E-state index contributed by atoms with van der Waals surface area (Å²) in [5.74, 6) is -2.96. The molecule has 0 amide bonds. The lowest BCUT2D eigenvalue weighted by Crippen LogP contribution is -2.20. The van der Waals surface area contributed by atoms with Gasteiger partial charge in [-0.2, -0.15) is 0 Å². The van der Waals surface area contributed by atoms with Crippen molar-refractivity contribution in [1.29, 1.82) is 0 Å². The summed E-state index contributed by atoms with van der Waals surface area (Å²) in [6.45, 7) is 3.69. The summed E-state index contributed by atoms with van der Waals surface area (Å²) in [5.41, 5.74) is -0.306. The monoisotopic (exact) mass is 508 g/mol. The second-order valence-electron chi connectivity index (χ2n) is 9.30. The lowest BCUT2D eigenvalue weighted by molar-refractivity contribution is -0.138. The Hall–Kier alpha value is -2.20. The van der Waals surface area contributed by atoms with Gasteiger partial charge in [0.25, 0.3) is 0 Å². The molecule has 0 aromatic rings. The molecule has 10 heteroatoms. The smallest absolute Gasteiger partial charge is 0.303 e. The number of carboxylic acids is 4. The molecule has 35 heavy (non-hydrogen) atoms. The van der Waals surface area contributed by atoms with Gasteiger partial charge in [0.2, 0.25) is 0 Å². The molecule has 10 nitrogen and oxygen atoms in total. The number of rotatable bonds is 20. The molecule has 6 N–H and O–H groups in total. The van der Waals surface area contributed by atoms with Crippen LogP contribution in [0.5, 0.6) is 0 Å². The van der Waals surface area contributed by atoms with Crippen molar-refractivity contribution in [1.82, 2.24) is 0 Å². The molecule has 0 atom stereocenters. The van der Waals surface area contributed by atoms with Gasteiger partial charge in [-0.1, -0.05) is 65.2 Å². The van der Waals surface area contributed by atoms with E-state index >= 15 is 0 Å². The summed E-state index contributed by atoms with van der Waals surface area (Å²) >= 11 is 0. The standard InChI is InChI=1S/2C10H18O4.C5H12O2/c2*11-9(12)7-5-3-1-2-4-6-8-10(13)14;1-5(2,3-6)4-7/h2*1-8H2,(H,11,12)(H,13,14);6-7H,3-4H2,1-2H3. The third-order valence-corrected chi connectivity index (χ3v) is 4.92. The van der Waals surface area contributed by atoms with Crippen molar-refractivity contribution in [2.75, 3.05) is 13.2 Å². The van der Waals surface area contributed by atoms with E-state index < -0.39 is 23.9 Å². The highest BCUT2D eigenvalue weighted by Gasteiger charge is 2.13. The molecule has 0 aromatic carbocycles. The van der Waals surface area contributed by atoms with Crippen LogP contribution < -0.4 is 0 Å². The average Bonchev–Trinajstić information content (AvgIpc) is 2.77. The molecule has 0 aromatic heterocycles. The lowest BCUT2D eigenvalue weighted by atomic mass is 9.97. The number of aliphatic hydroxyl groups excluding tert-OH is 2. The van der Waals surface area contributed by atoms with Crippen molar-refractivity contribution < 1.29 is 49.8 Å². The molecule has 0 saturated carbocycles. The van der Waals surface area contributed by atoms with E-state index in [9.17, 15) is 19.2 Å². The Morgan fingerprint density at radius 2 is 0.600 bits per heavy atom. The van der Waals surface area contributed by atoms with E-state index in [4.69, 9.17) is 30.6 Å². The molecule has 0 bridgehead atoms.